The van der Waals surface area contributed by atoms with Gasteiger partial charge in [0.05, 0.1) is 16.9 Å². The number of aliphatic carboxylic acids is 1. The zero-order valence-corrected chi connectivity index (χ0v) is 14.7. The van der Waals surface area contributed by atoms with Gasteiger partial charge in [0, 0.05) is 11.6 Å². The Hall–Kier alpha value is -3.29. The van der Waals surface area contributed by atoms with Crippen molar-refractivity contribution < 1.29 is 14.7 Å². The number of carboxylic acids is 1. The number of aromatic nitrogens is 4. The topological polar surface area (TPSA) is 110 Å². The Morgan fingerprint density at radius 1 is 1.23 bits per heavy atom. The molecule has 26 heavy (non-hydrogen) atoms. The van der Waals surface area contributed by atoms with Crippen LogP contribution in [0.15, 0.2) is 36.5 Å². The molecule has 0 saturated carbocycles. The van der Waals surface area contributed by atoms with Crippen LogP contribution in [0.25, 0.3) is 16.6 Å². The van der Waals surface area contributed by atoms with Gasteiger partial charge in [0.2, 0.25) is 0 Å². The summed E-state index contributed by atoms with van der Waals surface area (Å²) < 4.78 is 1.55. The van der Waals surface area contributed by atoms with Gasteiger partial charge >= 0.3 is 5.97 Å². The molecule has 0 radical (unpaired) electrons. The molecule has 0 aliphatic carbocycles. The number of carbonyl (C=O) groups is 2. The summed E-state index contributed by atoms with van der Waals surface area (Å²) in [7, 11) is 0. The molecule has 3 rings (SSSR count). The molecule has 1 atom stereocenters. The van der Waals surface area contributed by atoms with E-state index in [1.807, 2.05) is 30.3 Å². The molecule has 3 aromatic rings. The van der Waals surface area contributed by atoms with Gasteiger partial charge in [0.25, 0.3) is 5.91 Å². The van der Waals surface area contributed by atoms with E-state index in [1.165, 1.54) is 0 Å². The van der Waals surface area contributed by atoms with Crippen molar-refractivity contribution in [1.29, 1.82) is 0 Å². The molecule has 8 heteroatoms. The standard InChI is InChI=1S/C18H19N5O3/c1-10(2)15(18(25)26)20-17(24)16-11(3)23(22-21-16)13-6-7-14-12(9-13)5-4-8-19-14/h4-10,15H,1-3H3,(H,20,24)(H,25,26). The average Bonchev–Trinajstić information content (AvgIpc) is 3.00. The molecular weight excluding hydrogens is 334 g/mol. The molecule has 0 aliphatic heterocycles. The summed E-state index contributed by atoms with van der Waals surface area (Å²) in [4.78, 5) is 28.0. The van der Waals surface area contributed by atoms with Crippen LogP contribution in [0.5, 0.6) is 0 Å². The van der Waals surface area contributed by atoms with Crippen LogP contribution >= 0.6 is 0 Å². The molecule has 1 aromatic carbocycles. The number of carbonyl (C=O) groups excluding carboxylic acids is 1. The number of rotatable bonds is 5. The van der Waals surface area contributed by atoms with Crippen LogP contribution in [-0.4, -0.2) is 43.0 Å². The molecule has 0 aliphatic rings. The van der Waals surface area contributed by atoms with Crippen LogP contribution in [0.4, 0.5) is 0 Å². The predicted molar refractivity (Wildman–Crippen MR) is 95.1 cm³/mol. The third-order valence-electron chi connectivity index (χ3n) is 4.16. The van der Waals surface area contributed by atoms with E-state index in [-0.39, 0.29) is 11.6 Å². The smallest absolute Gasteiger partial charge is 0.326 e. The monoisotopic (exact) mass is 353 g/mol. The second kappa shape index (κ2) is 6.91. The molecular formula is C18H19N5O3. The SMILES string of the molecule is Cc1c(C(=O)NC(C(=O)O)C(C)C)nnn1-c1ccc2ncccc2c1. The number of hydrogen-bond acceptors (Lipinski definition) is 5. The summed E-state index contributed by atoms with van der Waals surface area (Å²) in [5.74, 6) is -1.89. The molecule has 1 amide bonds. The van der Waals surface area contributed by atoms with Crippen LogP contribution in [0.1, 0.15) is 30.0 Å². The molecule has 2 N–H and O–H groups in total. The zero-order chi connectivity index (χ0) is 18.8. The number of nitrogens with one attached hydrogen (secondary N) is 1. The van der Waals surface area contributed by atoms with Crippen LogP contribution in [0.3, 0.4) is 0 Å². The van der Waals surface area contributed by atoms with Gasteiger partial charge in [0.15, 0.2) is 5.69 Å². The Bertz CT molecular complexity index is 980. The second-order valence-electron chi connectivity index (χ2n) is 6.35. The summed E-state index contributed by atoms with van der Waals surface area (Å²) in [6.45, 7) is 5.17. The quantitative estimate of drug-likeness (QED) is 0.725. The Morgan fingerprint density at radius 3 is 2.69 bits per heavy atom. The first-order chi connectivity index (χ1) is 12.4. The van der Waals surface area contributed by atoms with E-state index in [4.69, 9.17) is 0 Å². The second-order valence-corrected chi connectivity index (χ2v) is 6.35. The van der Waals surface area contributed by atoms with Crippen molar-refractivity contribution in [1.82, 2.24) is 25.3 Å². The average molecular weight is 353 g/mol. The van der Waals surface area contributed by atoms with Crippen molar-refractivity contribution in [3.63, 3.8) is 0 Å². The molecule has 8 nitrogen and oxygen atoms in total. The molecule has 134 valence electrons. The van der Waals surface area contributed by atoms with Gasteiger partial charge in [-0.2, -0.15) is 0 Å². The third-order valence-corrected chi connectivity index (χ3v) is 4.16. The van der Waals surface area contributed by atoms with Crippen LogP contribution in [-0.2, 0) is 4.79 Å². The van der Waals surface area contributed by atoms with Crippen molar-refractivity contribution in [3.05, 3.63) is 47.9 Å². The van der Waals surface area contributed by atoms with Crippen LogP contribution < -0.4 is 5.32 Å². The van der Waals surface area contributed by atoms with Crippen molar-refractivity contribution in [2.75, 3.05) is 0 Å². The highest BCUT2D eigenvalue weighted by molar-refractivity contribution is 5.96. The first-order valence-electron chi connectivity index (χ1n) is 8.19. The first-order valence-corrected chi connectivity index (χ1v) is 8.19. The highest BCUT2D eigenvalue weighted by Gasteiger charge is 2.26. The fraction of sp³-hybridized carbons (Fsp3) is 0.278. The zero-order valence-electron chi connectivity index (χ0n) is 14.7. The van der Waals surface area contributed by atoms with Crippen molar-refractivity contribution in [2.45, 2.75) is 26.8 Å². The van der Waals surface area contributed by atoms with E-state index < -0.39 is 17.9 Å². The normalized spacial score (nSPS) is 12.3. The summed E-state index contributed by atoms with van der Waals surface area (Å²) in [5.41, 5.74) is 2.23. The number of pyridine rings is 1. The fourth-order valence-corrected chi connectivity index (χ4v) is 2.70. The highest BCUT2D eigenvalue weighted by atomic mass is 16.4. The largest absolute Gasteiger partial charge is 0.480 e. The van der Waals surface area contributed by atoms with E-state index in [9.17, 15) is 14.7 Å². The summed E-state index contributed by atoms with van der Waals surface area (Å²) in [6.07, 6.45) is 1.72. The lowest BCUT2D eigenvalue weighted by molar-refractivity contribution is -0.140. The molecule has 2 heterocycles. The molecule has 0 fully saturated rings. The Morgan fingerprint density at radius 2 is 2.00 bits per heavy atom. The number of hydrogen-bond donors (Lipinski definition) is 2. The van der Waals surface area contributed by atoms with Crippen molar-refractivity contribution in [2.24, 2.45) is 5.92 Å². The Kier molecular flexibility index (Phi) is 4.66. The van der Waals surface area contributed by atoms with Crippen molar-refractivity contribution in [3.8, 4) is 5.69 Å². The van der Waals surface area contributed by atoms with Gasteiger partial charge in [-0.25, -0.2) is 9.48 Å². The fourth-order valence-electron chi connectivity index (χ4n) is 2.70. The molecule has 0 saturated heterocycles. The molecule has 0 spiro atoms. The minimum Gasteiger partial charge on any atom is -0.480 e. The minimum atomic E-state index is -1.08. The van der Waals surface area contributed by atoms with E-state index in [2.05, 4.69) is 20.6 Å². The molecule has 2 aromatic heterocycles. The first kappa shape index (κ1) is 17.5. The molecule has 0 bridgehead atoms. The maximum Gasteiger partial charge on any atom is 0.326 e. The maximum atomic E-state index is 12.4. The lowest BCUT2D eigenvalue weighted by Gasteiger charge is -2.17. The van der Waals surface area contributed by atoms with Gasteiger partial charge in [0.1, 0.15) is 6.04 Å². The van der Waals surface area contributed by atoms with E-state index in [0.29, 0.717) is 5.69 Å². The van der Waals surface area contributed by atoms with E-state index in [0.717, 1.165) is 16.6 Å². The van der Waals surface area contributed by atoms with Gasteiger partial charge in [-0.05, 0) is 37.1 Å². The highest BCUT2D eigenvalue weighted by Crippen LogP contribution is 2.18. The third kappa shape index (κ3) is 3.26. The Balaban J connectivity index is 1.91. The number of nitrogens with zero attached hydrogens (tertiary/aromatic N) is 4. The molecule has 1 unspecified atom stereocenters. The summed E-state index contributed by atoms with van der Waals surface area (Å²) in [5, 5.41) is 20.7. The lowest BCUT2D eigenvalue weighted by Crippen LogP contribution is -2.44. The van der Waals surface area contributed by atoms with E-state index >= 15 is 0 Å². The van der Waals surface area contributed by atoms with Gasteiger partial charge in [-0.1, -0.05) is 25.1 Å². The number of benzene rings is 1. The van der Waals surface area contributed by atoms with E-state index in [1.54, 1.807) is 31.6 Å². The van der Waals surface area contributed by atoms with Gasteiger partial charge in [-0.3, -0.25) is 9.78 Å². The van der Waals surface area contributed by atoms with Gasteiger partial charge in [-0.15, -0.1) is 5.10 Å². The van der Waals surface area contributed by atoms with Gasteiger partial charge < -0.3 is 10.4 Å². The van der Waals surface area contributed by atoms with Crippen LogP contribution in [0.2, 0.25) is 0 Å². The maximum absolute atomic E-state index is 12.4. The number of amides is 1. The predicted octanol–water partition coefficient (Wildman–Crippen LogP) is 1.96. The minimum absolute atomic E-state index is 0.100. The number of carboxylic acid groups (broad SMARTS) is 1. The summed E-state index contributed by atoms with van der Waals surface area (Å²) in [6, 6.07) is 8.40. The summed E-state index contributed by atoms with van der Waals surface area (Å²) >= 11 is 0. The lowest BCUT2D eigenvalue weighted by atomic mass is 10.0. The Labute approximate surface area is 149 Å². The van der Waals surface area contributed by atoms with Crippen molar-refractivity contribution >= 4 is 22.8 Å². The number of fused-ring (bicyclic) bond motifs is 1. The van der Waals surface area contributed by atoms with Crippen LogP contribution in [0, 0.1) is 12.8 Å².